The first-order valence-electron chi connectivity index (χ1n) is 17.9. The molecule has 0 aromatic heterocycles. The molecule has 0 aromatic rings. The number of rotatable bonds is 6. The first-order valence-corrected chi connectivity index (χ1v) is 17.9. The monoisotopic (exact) mass is 682 g/mol. The summed E-state index contributed by atoms with van der Waals surface area (Å²) >= 11 is 0. The van der Waals surface area contributed by atoms with E-state index in [1.165, 1.54) is 6.92 Å². The molecule has 2 saturated heterocycles. The Labute approximate surface area is 281 Å². The predicted octanol–water partition coefficient (Wildman–Crippen LogP) is 0.280. The van der Waals surface area contributed by atoms with Gasteiger partial charge >= 0.3 is 5.97 Å². The molecule has 272 valence electrons. The molecule has 18 atom stereocenters. The van der Waals surface area contributed by atoms with Crippen molar-refractivity contribution in [1.82, 2.24) is 0 Å². The van der Waals surface area contributed by atoms with Gasteiger partial charge in [0.25, 0.3) is 0 Å². The summed E-state index contributed by atoms with van der Waals surface area (Å²) in [5, 5.41) is 75.3. The maximum Gasteiger partial charge on any atom is 0.331 e. The molecule has 7 rings (SSSR count). The fourth-order valence-electron chi connectivity index (χ4n) is 11.3. The van der Waals surface area contributed by atoms with E-state index >= 15 is 0 Å². The third kappa shape index (κ3) is 5.42. The van der Waals surface area contributed by atoms with Gasteiger partial charge in [-0.15, -0.1) is 0 Å². The SMILES string of the molecule is C[C@H]1O[C@@H](O[C@H]2[C@@H](O)[C@H](O)C(O[C@H]3CC[C@@]4(C)[C@H](CC[C@@H]5[C@@H]4CC[C@]4(C)[C@@H](C6=CC(=O)OC6)CCC54O)C3)O[C@H]2CO)[C@H](O)[C@@H](O)[C@@H]1O. The number of fused-ring (bicyclic) bond motifs is 5. The minimum atomic E-state index is -1.63. The highest BCUT2D eigenvalue weighted by molar-refractivity contribution is 5.85. The summed E-state index contributed by atoms with van der Waals surface area (Å²) in [5.74, 6) is 0.752. The zero-order chi connectivity index (χ0) is 34.3. The molecule has 7 aliphatic rings. The van der Waals surface area contributed by atoms with Crippen molar-refractivity contribution in [3.8, 4) is 0 Å². The van der Waals surface area contributed by atoms with E-state index in [2.05, 4.69) is 13.8 Å². The normalized spacial score (nSPS) is 55.3. The van der Waals surface area contributed by atoms with Gasteiger partial charge in [0.1, 0.15) is 49.3 Å². The number of carbonyl (C=O) groups is 1. The molecule has 4 aliphatic carbocycles. The van der Waals surface area contributed by atoms with Crippen LogP contribution in [0.15, 0.2) is 11.6 Å². The van der Waals surface area contributed by atoms with Gasteiger partial charge < -0.3 is 59.4 Å². The van der Waals surface area contributed by atoms with E-state index in [4.69, 9.17) is 23.7 Å². The second-order valence-electron chi connectivity index (χ2n) is 16.3. The van der Waals surface area contributed by atoms with Crippen LogP contribution < -0.4 is 0 Å². The Morgan fingerprint density at radius 2 is 1.56 bits per heavy atom. The Hall–Kier alpha value is -1.23. The molecule has 48 heavy (non-hydrogen) atoms. The summed E-state index contributed by atoms with van der Waals surface area (Å²) in [5.41, 5.74) is -0.0475. The maximum absolute atomic E-state index is 12.5. The van der Waals surface area contributed by atoms with Crippen molar-refractivity contribution >= 4 is 5.97 Å². The standard InChI is InChI=1S/C35H54O13/c1-16-25(38)26(39)28(41)31(45-16)48-30-23(14-36)47-32(29(42)27(30)40)46-19-6-9-33(2)18(13-19)4-5-22-21(33)7-10-34(3)20(8-11-35(22,34)43)17-12-24(37)44-15-17/h12,16,18-23,25-32,36,38-43H,4-11,13-15H2,1-3H3/t16-,18-,19+,20-,21+,22-,23+,25-,26+,27+,28-,29+,30-,31+,32?,33+,34-,35?/m1/s1. The number of carbonyl (C=O) groups excluding carboxylic acids is 1. The smallest absolute Gasteiger partial charge is 0.331 e. The van der Waals surface area contributed by atoms with E-state index in [1.54, 1.807) is 6.08 Å². The molecule has 6 fully saturated rings. The minimum absolute atomic E-state index is 0.0118. The molecule has 7 N–H and O–H groups in total. The summed E-state index contributed by atoms with van der Waals surface area (Å²) in [6.45, 7) is 5.85. The zero-order valence-electron chi connectivity index (χ0n) is 28.1. The van der Waals surface area contributed by atoms with Gasteiger partial charge in [-0.3, -0.25) is 0 Å². The number of aliphatic hydroxyl groups is 7. The van der Waals surface area contributed by atoms with Gasteiger partial charge in [0.15, 0.2) is 12.6 Å². The van der Waals surface area contributed by atoms with Crippen LogP contribution in [-0.2, 0) is 28.5 Å². The van der Waals surface area contributed by atoms with Crippen LogP contribution in [0.25, 0.3) is 0 Å². The topological polar surface area (TPSA) is 205 Å². The van der Waals surface area contributed by atoms with Gasteiger partial charge in [0.2, 0.25) is 0 Å². The second kappa shape index (κ2) is 12.8. The largest absolute Gasteiger partial charge is 0.458 e. The zero-order valence-corrected chi connectivity index (χ0v) is 28.1. The summed E-state index contributed by atoms with van der Waals surface area (Å²) in [7, 11) is 0. The summed E-state index contributed by atoms with van der Waals surface area (Å²) in [4.78, 5) is 11.9. The molecule has 13 nitrogen and oxygen atoms in total. The van der Waals surface area contributed by atoms with Crippen molar-refractivity contribution in [2.24, 2.45) is 34.5 Å². The fraction of sp³-hybridized carbons (Fsp3) is 0.914. The van der Waals surface area contributed by atoms with Crippen LogP contribution in [0.4, 0.5) is 0 Å². The van der Waals surface area contributed by atoms with Crippen molar-refractivity contribution in [2.75, 3.05) is 13.2 Å². The van der Waals surface area contributed by atoms with Crippen LogP contribution in [0.1, 0.15) is 78.6 Å². The lowest BCUT2D eigenvalue weighted by Crippen LogP contribution is -2.64. The minimum Gasteiger partial charge on any atom is -0.458 e. The maximum atomic E-state index is 12.5. The predicted molar refractivity (Wildman–Crippen MR) is 166 cm³/mol. The highest BCUT2D eigenvalue weighted by Gasteiger charge is 2.68. The average molecular weight is 683 g/mol. The number of aliphatic hydroxyl groups excluding tert-OH is 6. The molecule has 0 bridgehead atoms. The Morgan fingerprint density at radius 1 is 0.833 bits per heavy atom. The average Bonchev–Trinajstić information content (AvgIpc) is 3.61. The van der Waals surface area contributed by atoms with Gasteiger partial charge in [-0.05, 0) is 99.4 Å². The summed E-state index contributed by atoms with van der Waals surface area (Å²) < 4.78 is 28.8. The summed E-state index contributed by atoms with van der Waals surface area (Å²) in [6, 6.07) is 0. The first-order chi connectivity index (χ1) is 22.7. The van der Waals surface area contributed by atoms with Crippen molar-refractivity contribution in [2.45, 2.75) is 152 Å². The van der Waals surface area contributed by atoms with E-state index in [0.717, 1.165) is 56.9 Å². The fourth-order valence-corrected chi connectivity index (χ4v) is 11.3. The van der Waals surface area contributed by atoms with Crippen molar-refractivity contribution in [3.63, 3.8) is 0 Å². The Balaban J connectivity index is 0.992. The van der Waals surface area contributed by atoms with E-state index in [9.17, 15) is 40.5 Å². The lowest BCUT2D eigenvalue weighted by molar-refractivity contribution is -0.361. The van der Waals surface area contributed by atoms with Crippen molar-refractivity contribution in [1.29, 1.82) is 0 Å². The molecule has 0 aromatic carbocycles. The van der Waals surface area contributed by atoms with E-state index in [1.807, 2.05) is 0 Å². The molecule has 4 saturated carbocycles. The Kier molecular flexibility index (Phi) is 9.36. The molecule has 0 radical (unpaired) electrons. The molecule has 3 aliphatic heterocycles. The van der Waals surface area contributed by atoms with Crippen LogP contribution in [0, 0.1) is 34.5 Å². The van der Waals surface area contributed by atoms with Crippen LogP contribution in [0.5, 0.6) is 0 Å². The van der Waals surface area contributed by atoms with E-state index in [0.29, 0.717) is 24.9 Å². The van der Waals surface area contributed by atoms with Gasteiger partial charge in [-0.25, -0.2) is 4.79 Å². The van der Waals surface area contributed by atoms with Crippen molar-refractivity contribution in [3.05, 3.63) is 11.6 Å². The number of hydrogen-bond acceptors (Lipinski definition) is 13. The molecular weight excluding hydrogens is 628 g/mol. The number of esters is 1. The molecular formula is C35H54O13. The first kappa shape index (κ1) is 35.2. The van der Waals surface area contributed by atoms with Crippen LogP contribution in [0.3, 0.4) is 0 Å². The van der Waals surface area contributed by atoms with Gasteiger partial charge in [-0.1, -0.05) is 13.8 Å². The summed E-state index contributed by atoms with van der Waals surface area (Å²) in [6.07, 6.45) is -4.43. The van der Waals surface area contributed by atoms with Crippen molar-refractivity contribution < 1.29 is 64.2 Å². The number of cyclic esters (lactones) is 1. The van der Waals surface area contributed by atoms with Gasteiger partial charge in [0, 0.05) is 11.5 Å². The molecule has 2 unspecified atom stereocenters. The molecule has 13 heteroatoms. The van der Waals surface area contributed by atoms with E-state index < -0.39 is 73.6 Å². The quantitative estimate of drug-likeness (QED) is 0.149. The lowest BCUT2D eigenvalue weighted by atomic mass is 9.43. The number of ether oxygens (including phenoxy) is 5. The number of hydrogen-bond donors (Lipinski definition) is 7. The van der Waals surface area contributed by atoms with Gasteiger partial charge in [-0.2, -0.15) is 0 Å². The molecule has 0 amide bonds. The highest BCUT2D eigenvalue weighted by Crippen LogP contribution is 2.70. The third-order valence-electron chi connectivity index (χ3n) is 14.2. The Bertz CT molecular complexity index is 1240. The second-order valence-corrected chi connectivity index (χ2v) is 16.3. The van der Waals surface area contributed by atoms with Crippen LogP contribution >= 0.6 is 0 Å². The molecule has 0 spiro atoms. The Morgan fingerprint density at radius 3 is 2.27 bits per heavy atom. The van der Waals surface area contributed by atoms with Crippen LogP contribution in [0.2, 0.25) is 0 Å². The lowest BCUT2D eigenvalue weighted by Gasteiger charge is -2.64. The van der Waals surface area contributed by atoms with E-state index in [-0.39, 0.29) is 34.7 Å². The van der Waals surface area contributed by atoms with Gasteiger partial charge in [0.05, 0.1) is 24.4 Å². The molecule has 3 heterocycles. The highest BCUT2D eigenvalue weighted by atomic mass is 16.7. The third-order valence-corrected chi connectivity index (χ3v) is 14.2. The van der Waals surface area contributed by atoms with Crippen LogP contribution in [-0.4, -0.2) is 128 Å².